The monoisotopic (exact) mass is 241 g/mol. The highest BCUT2D eigenvalue weighted by Crippen LogP contribution is 2.29. The van der Waals surface area contributed by atoms with Gasteiger partial charge < -0.3 is 9.64 Å². The molecule has 4 nitrogen and oxygen atoms in total. The van der Waals surface area contributed by atoms with Gasteiger partial charge >= 0.3 is 6.09 Å². The first kappa shape index (κ1) is 14.0. The van der Waals surface area contributed by atoms with Crippen molar-refractivity contribution in [2.24, 2.45) is 5.92 Å². The highest BCUT2D eigenvalue weighted by Gasteiger charge is 2.33. The summed E-state index contributed by atoms with van der Waals surface area (Å²) in [5.74, 6) is 0.305. The van der Waals surface area contributed by atoms with Gasteiger partial charge in [-0.2, -0.15) is 0 Å². The standard InChI is InChI=1S/C13H23NO3/c1-9(11(15)10-7-6-8-10)14(5)12(16)17-13(2,3)4/h9-10H,6-8H2,1-5H3. The zero-order valence-electron chi connectivity index (χ0n) is 11.4. The molecule has 1 fully saturated rings. The Morgan fingerprint density at radius 3 is 2.18 bits per heavy atom. The van der Waals surface area contributed by atoms with Gasteiger partial charge in [-0.25, -0.2) is 4.79 Å². The number of nitrogens with zero attached hydrogens (tertiary/aromatic N) is 1. The summed E-state index contributed by atoms with van der Waals surface area (Å²) in [6, 6.07) is -0.393. The van der Waals surface area contributed by atoms with Crippen LogP contribution < -0.4 is 0 Å². The summed E-state index contributed by atoms with van der Waals surface area (Å²) in [7, 11) is 1.62. The average Bonchev–Trinajstić information content (AvgIpc) is 2.09. The minimum Gasteiger partial charge on any atom is -0.444 e. The number of ether oxygens (including phenoxy) is 1. The molecule has 1 atom stereocenters. The van der Waals surface area contributed by atoms with Gasteiger partial charge in [-0.3, -0.25) is 4.79 Å². The fourth-order valence-corrected chi connectivity index (χ4v) is 1.72. The molecule has 1 amide bonds. The second kappa shape index (κ2) is 5.07. The topological polar surface area (TPSA) is 46.6 Å². The minimum absolute atomic E-state index is 0.148. The number of likely N-dealkylation sites (N-methyl/N-ethyl adjacent to an activating group) is 1. The van der Waals surface area contributed by atoms with Gasteiger partial charge in [-0.1, -0.05) is 6.42 Å². The number of Topliss-reactive ketones (excluding diaryl/α,β-unsaturated/α-hetero) is 1. The first-order valence-electron chi connectivity index (χ1n) is 6.22. The zero-order valence-corrected chi connectivity index (χ0v) is 11.4. The molecule has 1 aliphatic carbocycles. The Bertz CT molecular complexity index is 302. The first-order chi connectivity index (χ1) is 7.72. The summed E-state index contributed by atoms with van der Waals surface area (Å²) in [4.78, 5) is 25.2. The number of carbonyl (C=O) groups excluding carboxylic acids is 2. The zero-order chi connectivity index (χ0) is 13.2. The van der Waals surface area contributed by atoms with Crippen LogP contribution in [-0.4, -0.2) is 35.5 Å². The predicted molar refractivity (Wildman–Crippen MR) is 65.8 cm³/mol. The van der Waals surface area contributed by atoms with Crippen molar-refractivity contribution in [1.29, 1.82) is 0 Å². The van der Waals surface area contributed by atoms with Crippen molar-refractivity contribution in [2.75, 3.05) is 7.05 Å². The van der Waals surface area contributed by atoms with Gasteiger partial charge in [0.1, 0.15) is 5.60 Å². The van der Waals surface area contributed by atoms with Crippen LogP contribution in [0.4, 0.5) is 4.79 Å². The third kappa shape index (κ3) is 3.72. The Morgan fingerprint density at radius 2 is 1.82 bits per heavy atom. The largest absolute Gasteiger partial charge is 0.444 e. The van der Waals surface area contributed by atoms with Crippen LogP contribution in [0.5, 0.6) is 0 Å². The normalized spacial score (nSPS) is 18.2. The van der Waals surface area contributed by atoms with Crippen LogP contribution in [0.2, 0.25) is 0 Å². The summed E-state index contributed by atoms with van der Waals surface area (Å²) >= 11 is 0. The molecule has 0 radical (unpaired) electrons. The van der Waals surface area contributed by atoms with E-state index in [0.717, 1.165) is 19.3 Å². The number of hydrogen-bond donors (Lipinski definition) is 0. The third-order valence-electron chi connectivity index (χ3n) is 3.18. The van der Waals surface area contributed by atoms with Crippen molar-refractivity contribution in [3.8, 4) is 0 Å². The van der Waals surface area contributed by atoms with Crippen LogP contribution in [0.1, 0.15) is 47.0 Å². The second-order valence-electron chi connectivity index (χ2n) is 5.80. The van der Waals surface area contributed by atoms with E-state index in [1.165, 1.54) is 4.90 Å². The lowest BCUT2D eigenvalue weighted by atomic mass is 9.80. The van der Waals surface area contributed by atoms with Crippen LogP contribution in [-0.2, 0) is 9.53 Å². The summed E-state index contributed by atoms with van der Waals surface area (Å²) in [6.45, 7) is 7.22. The Labute approximate surface area is 103 Å². The van der Waals surface area contributed by atoms with Gasteiger partial charge in [0.25, 0.3) is 0 Å². The van der Waals surface area contributed by atoms with Gasteiger partial charge in [-0.05, 0) is 40.5 Å². The van der Waals surface area contributed by atoms with E-state index in [9.17, 15) is 9.59 Å². The van der Waals surface area contributed by atoms with Gasteiger partial charge in [0.2, 0.25) is 0 Å². The van der Waals surface area contributed by atoms with E-state index >= 15 is 0 Å². The van der Waals surface area contributed by atoms with Gasteiger partial charge in [0.05, 0.1) is 6.04 Å². The maximum Gasteiger partial charge on any atom is 0.410 e. The predicted octanol–water partition coefficient (Wildman–Crippen LogP) is 2.61. The van der Waals surface area contributed by atoms with Crippen molar-refractivity contribution in [2.45, 2.75) is 58.6 Å². The lowest BCUT2D eigenvalue weighted by Crippen LogP contribution is -2.46. The molecule has 0 spiro atoms. The molecule has 1 unspecified atom stereocenters. The van der Waals surface area contributed by atoms with Crippen molar-refractivity contribution >= 4 is 11.9 Å². The van der Waals surface area contributed by atoms with Gasteiger partial charge in [-0.15, -0.1) is 0 Å². The van der Waals surface area contributed by atoms with Crippen LogP contribution >= 0.6 is 0 Å². The Hall–Kier alpha value is -1.06. The fourth-order valence-electron chi connectivity index (χ4n) is 1.72. The maximum atomic E-state index is 12.0. The van der Waals surface area contributed by atoms with E-state index in [2.05, 4.69) is 0 Å². The quantitative estimate of drug-likeness (QED) is 0.763. The molecule has 0 aliphatic heterocycles. The molecular weight excluding hydrogens is 218 g/mol. The SMILES string of the molecule is CC(C(=O)C1CCC1)N(C)C(=O)OC(C)(C)C. The van der Waals surface area contributed by atoms with Crippen molar-refractivity contribution < 1.29 is 14.3 Å². The molecular formula is C13H23NO3. The molecule has 0 aromatic rings. The van der Waals surface area contributed by atoms with E-state index in [0.29, 0.717) is 0 Å². The summed E-state index contributed by atoms with van der Waals surface area (Å²) < 4.78 is 5.24. The molecule has 17 heavy (non-hydrogen) atoms. The Kier molecular flexibility index (Phi) is 4.17. The fraction of sp³-hybridized carbons (Fsp3) is 0.846. The van der Waals surface area contributed by atoms with Crippen molar-refractivity contribution in [3.05, 3.63) is 0 Å². The molecule has 0 bridgehead atoms. The highest BCUT2D eigenvalue weighted by atomic mass is 16.6. The molecule has 4 heteroatoms. The number of hydrogen-bond acceptors (Lipinski definition) is 3. The molecule has 98 valence electrons. The van der Waals surface area contributed by atoms with Crippen LogP contribution in [0.25, 0.3) is 0 Å². The van der Waals surface area contributed by atoms with Gasteiger partial charge in [0.15, 0.2) is 5.78 Å². The van der Waals surface area contributed by atoms with Crippen LogP contribution in [0.3, 0.4) is 0 Å². The third-order valence-corrected chi connectivity index (χ3v) is 3.18. The molecule has 0 saturated heterocycles. The van der Waals surface area contributed by atoms with Crippen molar-refractivity contribution in [1.82, 2.24) is 4.90 Å². The van der Waals surface area contributed by atoms with E-state index < -0.39 is 17.7 Å². The molecule has 0 aromatic carbocycles. The smallest absolute Gasteiger partial charge is 0.410 e. The Morgan fingerprint density at radius 1 is 1.29 bits per heavy atom. The lowest BCUT2D eigenvalue weighted by Gasteiger charge is -2.32. The molecule has 0 heterocycles. The molecule has 1 saturated carbocycles. The number of amides is 1. The molecule has 1 aliphatic rings. The molecule has 0 aromatic heterocycles. The van der Waals surface area contributed by atoms with Gasteiger partial charge in [0, 0.05) is 13.0 Å². The summed E-state index contributed by atoms with van der Waals surface area (Å²) in [5, 5.41) is 0. The van der Waals surface area contributed by atoms with E-state index in [1.807, 2.05) is 20.8 Å². The number of ketones is 1. The maximum absolute atomic E-state index is 12.0. The lowest BCUT2D eigenvalue weighted by molar-refractivity contribution is -0.129. The Balaban J connectivity index is 2.53. The second-order valence-corrected chi connectivity index (χ2v) is 5.80. The summed E-state index contributed by atoms with van der Waals surface area (Å²) in [6.07, 6.45) is 2.62. The van der Waals surface area contributed by atoms with E-state index in [4.69, 9.17) is 4.74 Å². The number of carbonyl (C=O) groups is 2. The highest BCUT2D eigenvalue weighted by molar-refractivity contribution is 5.89. The summed E-state index contributed by atoms with van der Waals surface area (Å²) in [5.41, 5.74) is -0.523. The molecule has 0 N–H and O–H groups in total. The van der Waals surface area contributed by atoms with E-state index in [-0.39, 0.29) is 11.7 Å². The van der Waals surface area contributed by atoms with E-state index in [1.54, 1.807) is 14.0 Å². The van der Waals surface area contributed by atoms with Crippen LogP contribution in [0.15, 0.2) is 0 Å². The first-order valence-corrected chi connectivity index (χ1v) is 6.22. The van der Waals surface area contributed by atoms with Crippen molar-refractivity contribution in [3.63, 3.8) is 0 Å². The number of rotatable bonds is 3. The molecule has 1 rings (SSSR count). The average molecular weight is 241 g/mol. The van der Waals surface area contributed by atoms with Crippen LogP contribution in [0, 0.1) is 5.92 Å². The minimum atomic E-state index is -0.523.